The molecule has 4 nitrogen and oxygen atoms in total. The second-order valence-electron chi connectivity index (χ2n) is 4.89. The number of benzene rings is 1. The van der Waals surface area contributed by atoms with Crippen molar-refractivity contribution in [2.24, 2.45) is 5.84 Å². The van der Waals surface area contributed by atoms with E-state index in [1.165, 1.54) is 14.8 Å². The van der Waals surface area contributed by atoms with Gasteiger partial charge in [0.2, 0.25) is 0 Å². The molecule has 1 atom stereocenters. The van der Waals surface area contributed by atoms with E-state index in [0.717, 1.165) is 29.6 Å². The molecule has 0 fully saturated rings. The lowest BCUT2D eigenvalue weighted by molar-refractivity contribution is 0.515. The normalized spacial score (nSPS) is 12.6. The van der Waals surface area contributed by atoms with E-state index in [1.807, 2.05) is 0 Å². The lowest BCUT2D eigenvalue weighted by Gasteiger charge is -2.18. The minimum atomic E-state index is 0.0563. The van der Waals surface area contributed by atoms with Gasteiger partial charge in [-0.25, -0.2) is 0 Å². The maximum absolute atomic E-state index is 5.80. The molecule has 0 aliphatic carbocycles. The summed E-state index contributed by atoms with van der Waals surface area (Å²) >= 11 is 5.94. The summed E-state index contributed by atoms with van der Waals surface area (Å²) in [5.74, 6) is 5.80. The van der Waals surface area contributed by atoms with Gasteiger partial charge in [-0.3, -0.25) is 16.0 Å². The van der Waals surface area contributed by atoms with Crippen LogP contribution < -0.4 is 11.3 Å². The SMILES string of the molecule is CCc1cc(CC(NN)c2cc(I)ccc2Br)n(CC)n1. The van der Waals surface area contributed by atoms with Crippen LogP contribution in [0.2, 0.25) is 0 Å². The van der Waals surface area contributed by atoms with Gasteiger partial charge in [-0.05, 0) is 65.8 Å². The Kier molecular flexibility index (Phi) is 6.21. The molecule has 3 N–H and O–H groups in total. The summed E-state index contributed by atoms with van der Waals surface area (Å²) in [6.45, 7) is 5.11. The van der Waals surface area contributed by atoms with Crippen molar-refractivity contribution in [3.63, 3.8) is 0 Å². The topological polar surface area (TPSA) is 55.9 Å². The summed E-state index contributed by atoms with van der Waals surface area (Å²) in [6, 6.07) is 8.53. The second-order valence-corrected chi connectivity index (χ2v) is 6.99. The Morgan fingerprint density at radius 1 is 1.38 bits per heavy atom. The molecule has 21 heavy (non-hydrogen) atoms. The van der Waals surface area contributed by atoms with Crippen LogP contribution in [0.3, 0.4) is 0 Å². The maximum atomic E-state index is 5.80. The van der Waals surface area contributed by atoms with Gasteiger partial charge >= 0.3 is 0 Å². The van der Waals surface area contributed by atoms with Gasteiger partial charge < -0.3 is 0 Å². The Bertz CT molecular complexity index is 612. The third-order valence-electron chi connectivity index (χ3n) is 3.52. The predicted molar refractivity (Wildman–Crippen MR) is 97.9 cm³/mol. The first-order chi connectivity index (χ1) is 10.1. The van der Waals surface area contributed by atoms with Gasteiger partial charge in [0, 0.05) is 26.7 Å². The molecule has 6 heteroatoms. The number of aryl methyl sites for hydroxylation is 2. The molecule has 0 radical (unpaired) electrons. The molecule has 2 rings (SSSR count). The number of halogens is 2. The van der Waals surface area contributed by atoms with E-state index < -0.39 is 0 Å². The highest BCUT2D eigenvalue weighted by atomic mass is 127. The number of aromatic nitrogens is 2. The zero-order chi connectivity index (χ0) is 15.4. The lowest BCUT2D eigenvalue weighted by Crippen LogP contribution is -2.30. The van der Waals surface area contributed by atoms with Crippen LogP contribution in [0.15, 0.2) is 28.7 Å². The van der Waals surface area contributed by atoms with Crippen molar-refractivity contribution in [1.82, 2.24) is 15.2 Å². The van der Waals surface area contributed by atoms with Gasteiger partial charge in [0.05, 0.1) is 11.7 Å². The number of rotatable bonds is 6. The van der Waals surface area contributed by atoms with Crippen LogP contribution in [-0.4, -0.2) is 9.78 Å². The van der Waals surface area contributed by atoms with Gasteiger partial charge in [-0.1, -0.05) is 22.9 Å². The molecule has 1 heterocycles. The van der Waals surface area contributed by atoms with Crippen molar-refractivity contribution in [2.75, 3.05) is 0 Å². The molecular formula is C15H20BrIN4. The summed E-state index contributed by atoms with van der Waals surface area (Å²) in [5, 5.41) is 4.60. The maximum Gasteiger partial charge on any atom is 0.0624 e. The molecule has 0 aliphatic heterocycles. The standard InChI is InChI=1S/C15H20BrIN4/c1-3-11-8-12(21(4-2)20-11)9-15(19-18)13-7-10(17)5-6-14(13)16/h5-8,15,19H,3-4,9,18H2,1-2H3. The fourth-order valence-electron chi connectivity index (χ4n) is 2.38. The molecular weight excluding hydrogens is 443 g/mol. The Morgan fingerprint density at radius 2 is 2.14 bits per heavy atom. The average molecular weight is 463 g/mol. The van der Waals surface area contributed by atoms with Crippen molar-refractivity contribution in [3.8, 4) is 0 Å². The summed E-state index contributed by atoms with van der Waals surface area (Å²) < 4.78 is 4.33. The first-order valence-corrected chi connectivity index (χ1v) is 8.92. The minimum Gasteiger partial charge on any atom is -0.271 e. The molecule has 1 aromatic carbocycles. The summed E-state index contributed by atoms with van der Waals surface area (Å²) in [4.78, 5) is 0. The number of nitrogens with zero attached hydrogens (tertiary/aromatic N) is 2. The van der Waals surface area contributed by atoms with E-state index in [4.69, 9.17) is 5.84 Å². The molecule has 114 valence electrons. The van der Waals surface area contributed by atoms with E-state index in [9.17, 15) is 0 Å². The molecule has 0 saturated heterocycles. The van der Waals surface area contributed by atoms with Crippen LogP contribution in [0.1, 0.15) is 36.8 Å². The number of hydrazine groups is 1. The summed E-state index contributed by atoms with van der Waals surface area (Å²) in [7, 11) is 0. The first-order valence-electron chi connectivity index (χ1n) is 7.05. The van der Waals surface area contributed by atoms with Crippen molar-refractivity contribution in [2.45, 2.75) is 39.3 Å². The van der Waals surface area contributed by atoms with Crippen LogP contribution in [0, 0.1) is 3.57 Å². The van der Waals surface area contributed by atoms with Crippen molar-refractivity contribution >= 4 is 38.5 Å². The van der Waals surface area contributed by atoms with Crippen molar-refractivity contribution < 1.29 is 0 Å². The largest absolute Gasteiger partial charge is 0.271 e. The molecule has 2 aromatic rings. The Hall–Kier alpha value is -0.440. The minimum absolute atomic E-state index is 0.0563. The number of nitrogens with two attached hydrogens (primary N) is 1. The molecule has 0 aliphatic rings. The van der Waals surface area contributed by atoms with Crippen LogP contribution in [0.4, 0.5) is 0 Å². The highest BCUT2D eigenvalue weighted by Crippen LogP contribution is 2.27. The number of hydrogen-bond donors (Lipinski definition) is 2. The Labute approximate surface area is 147 Å². The van der Waals surface area contributed by atoms with Gasteiger partial charge in [0.15, 0.2) is 0 Å². The zero-order valence-electron chi connectivity index (χ0n) is 12.2. The number of hydrogen-bond acceptors (Lipinski definition) is 3. The van der Waals surface area contributed by atoms with E-state index in [1.54, 1.807) is 0 Å². The van der Waals surface area contributed by atoms with Crippen LogP contribution in [0.5, 0.6) is 0 Å². The molecule has 0 amide bonds. The Morgan fingerprint density at radius 3 is 2.76 bits per heavy atom. The summed E-state index contributed by atoms with van der Waals surface area (Å²) in [5.41, 5.74) is 6.45. The van der Waals surface area contributed by atoms with Gasteiger partial charge in [0.25, 0.3) is 0 Å². The van der Waals surface area contributed by atoms with Crippen LogP contribution >= 0.6 is 38.5 Å². The zero-order valence-corrected chi connectivity index (χ0v) is 16.0. The molecule has 0 spiro atoms. The average Bonchev–Trinajstić information content (AvgIpc) is 2.89. The lowest BCUT2D eigenvalue weighted by atomic mass is 10.0. The van der Waals surface area contributed by atoms with Gasteiger partial charge in [-0.15, -0.1) is 0 Å². The van der Waals surface area contributed by atoms with E-state index >= 15 is 0 Å². The fourth-order valence-corrected chi connectivity index (χ4v) is 3.41. The van der Waals surface area contributed by atoms with Crippen LogP contribution in [0.25, 0.3) is 0 Å². The second kappa shape index (κ2) is 7.71. The first kappa shape index (κ1) is 16.9. The predicted octanol–water partition coefficient (Wildman–Crippen LogP) is 3.58. The smallest absolute Gasteiger partial charge is 0.0624 e. The monoisotopic (exact) mass is 462 g/mol. The van der Waals surface area contributed by atoms with Crippen LogP contribution in [-0.2, 0) is 19.4 Å². The number of nitrogens with one attached hydrogen (secondary N) is 1. The molecule has 0 saturated carbocycles. The highest BCUT2D eigenvalue weighted by Gasteiger charge is 2.17. The van der Waals surface area contributed by atoms with Crippen molar-refractivity contribution in [3.05, 3.63) is 49.3 Å². The van der Waals surface area contributed by atoms with Gasteiger partial charge in [-0.2, -0.15) is 5.10 Å². The van der Waals surface area contributed by atoms with E-state index in [-0.39, 0.29) is 6.04 Å². The third kappa shape index (κ3) is 4.06. The molecule has 0 bridgehead atoms. The molecule has 1 aromatic heterocycles. The van der Waals surface area contributed by atoms with E-state index in [2.05, 4.69) is 91.8 Å². The fraction of sp³-hybridized carbons (Fsp3) is 0.400. The van der Waals surface area contributed by atoms with Gasteiger partial charge in [0.1, 0.15) is 0 Å². The quantitative estimate of drug-likeness (QED) is 0.392. The van der Waals surface area contributed by atoms with Crippen molar-refractivity contribution in [1.29, 1.82) is 0 Å². The van der Waals surface area contributed by atoms with E-state index in [0.29, 0.717) is 0 Å². The molecule has 1 unspecified atom stereocenters. The Balaban J connectivity index is 2.30. The highest BCUT2D eigenvalue weighted by molar-refractivity contribution is 14.1. The third-order valence-corrected chi connectivity index (χ3v) is 4.92. The summed E-state index contributed by atoms with van der Waals surface area (Å²) in [6.07, 6.45) is 1.77.